The number of hydrogen-bond donors (Lipinski definition) is 1. The number of carbonyl (C=O) groups is 2. The Balaban J connectivity index is 0.000000266. The van der Waals surface area contributed by atoms with E-state index in [0.29, 0.717) is 0 Å². The van der Waals surface area contributed by atoms with Crippen molar-refractivity contribution in [1.29, 1.82) is 0 Å². The Labute approximate surface area is 209 Å². The van der Waals surface area contributed by atoms with Crippen LogP contribution in [0, 0.1) is 5.92 Å². The molecule has 0 amide bonds. The Morgan fingerprint density at radius 3 is 2.03 bits per heavy atom. The highest BCUT2D eigenvalue weighted by Crippen LogP contribution is 2.23. The van der Waals surface area contributed by atoms with Crippen molar-refractivity contribution in [2.75, 3.05) is 7.11 Å². The molecule has 3 rings (SSSR count). The van der Waals surface area contributed by atoms with Gasteiger partial charge in [0.1, 0.15) is 5.75 Å². The second kappa shape index (κ2) is 15.3. The first-order chi connectivity index (χ1) is 16.9. The van der Waals surface area contributed by atoms with E-state index < -0.39 is 5.97 Å². The molecule has 0 aliphatic heterocycles. The summed E-state index contributed by atoms with van der Waals surface area (Å²) < 4.78 is 5.38. The van der Waals surface area contributed by atoms with Crippen LogP contribution in [0.1, 0.15) is 66.6 Å². The smallest absolute Gasteiger partial charge is 0.328 e. The topological polar surface area (TPSA) is 63.6 Å². The van der Waals surface area contributed by atoms with Crippen LogP contribution in [0.4, 0.5) is 0 Å². The van der Waals surface area contributed by atoms with Gasteiger partial charge in [-0.2, -0.15) is 0 Å². The molecule has 0 radical (unpaired) electrons. The fourth-order valence-electron chi connectivity index (χ4n) is 3.62. The van der Waals surface area contributed by atoms with Crippen molar-refractivity contribution in [3.63, 3.8) is 0 Å². The molecule has 35 heavy (non-hydrogen) atoms. The van der Waals surface area contributed by atoms with Gasteiger partial charge in [0, 0.05) is 17.2 Å². The number of aliphatic carboxylic acids is 1. The molecule has 1 unspecified atom stereocenters. The number of aryl methyl sites for hydroxylation is 1. The summed E-state index contributed by atoms with van der Waals surface area (Å²) in [5, 5.41) is 8.68. The first-order valence-corrected chi connectivity index (χ1v) is 12.2. The highest BCUT2D eigenvalue weighted by molar-refractivity contribution is 6.08. The van der Waals surface area contributed by atoms with Crippen molar-refractivity contribution in [1.82, 2.24) is 0 Å². The maximum absolute atomic E-state index is 11.8. The standard InChI is InChI=1S/C18H26O3.C13H10O/c1-4-14(2)7-5-6-8-16-13-15(10-12-18(19)20)9-11-17(16)21-3;14-13(11-7-3-1-4-8-11)12-9-5-2-6-10-12/h9-14H,4-8H2,1-3H3,(H,19,20);1-10H. The van der Waals surface area contributed by atoms with E-state index in [9.17, 15) is 9.59 Å². The van der Waals surface area contributed by atoms with E-state index >= 15 is 0 Å². The van der Waals surface area contributed by atoms with Gasteiger partial charge < -0.3 is 9.84 Å². The average Bonchev–Trinajstić information content (AvgIpc) is 2.90. The van der Waals surface area contributed by atoms with Gasteiger partial charge in [-0.15, -0.1) is 0 Å². The summed E-state index contributed by atoms with van der Waals surface area (Å²) in [4.78, 5) is 22.4. The largest absolute Gasteiger partial charge is 0.496 e. The predicted octanol–water partition coefficient (Wildman–Crippen LogP) is 7.47. The third-order valence-corrected chi connectivity index (χ3v) is 5.88. The van der Waals surface area contributed by atoms with Crippen molar-refractivity contribution >= 4 is 17.8 Å². The summed E-state index contributed by atoms with van der Waals surface area (Å²) in [5.41, 5.74) is 3.52. The number of benzene rings is 3. The van der Waals surface area contributed by atoms with Gasteiger partial charge in [0.15, 0.2) is 5.78 Å². The third kappa shape index (κ3) is 10.0. The number of carbonyl (C=O) groups excluding carboxylic acids is 1. The van der Waals surface area contributed by atoms with Crippen molar-refractivity contribution in [3.05, 3.63) is 107 Å². The summed E-state index contributed by atoms with van der Waals surface area (Å²) in [6.45, 7) is 4.52. The molecule has 4 nitrogen and oxygen atoms in total. The second-order valence-corrected chi connectivity index (χ2v) is 8.56. The molecule has 1 N–H and O–H groups in total. The molecular formula is C31H36O4. The van der Waals surface area contributed by atoms with Crippen LogP contribution in [0.3, 0.4) is 0 Å². The maximum atomic E-state index is 11.8. The lowest BCUT2D eigenvalue weighted by Crippen LogP contribution is -1.99. The maximum Gasteiger partial charge on any atom is 0.328 e. The predicted molar refractivity (Wildman–Crippen MR) is 143 cm³/mol. The van der Waals surface area contributed by atoms with Gasteiger partial charge in [-0.25, -0.2) is 4.79 Å². The Morgan fingerprint density at radius 2 is 1.51 bits per heavy atom. The average molecular weight is 473 g/mol. The summed E-state index contributed by atoms with van der Waals surface area (Å²) in [5.74, 6) is 0.815. The first kappa shape index (κ1) is 27.6. The number of hydrogen-bond acceptors (Lipinski definition) is 3. The summed E-state index contributed by atoms with van der Waals surface area (Å²) in [7, 11) is 1.67. The zero-order valence-electron chi connectivity index (χ0n) is 20.9. The summed E-state index contributed by atoms with van der Waals surface area (Å²) >= 11 is 0. The molecule has 0 aliphatic rings. The van der Waals surface area contributed by atoms with Crippen LogP contribution in [0.2, 0.25) is 0 Å². The minimum Gasteiger partial charge on any atom is -0.496 e. The summed E-state index contributed by atoms with van der Waals surface area (Å²) in [6.07, 6.45) is 8.59. The molecule has 1 atom stereocenters. The number of carboxylic acid groups (broad SMARTS) is 1. The molecule has 4 heteroatoms. The first-order valence-electron chi connectivity index (χ1n) is 12.2. The van der Waals surface area contributed by atoms with E-state index in [1.165, 1.54) is 19.3 Å². The van der Waals surface area contributed by atoms with Crippen LogP contribution < -0.4 is 4.74 Å². The van der Waals surface area contributed by atoms with Gasteiger partial charge in [-0.3, -0.25) is 4.79 Å². The lowest BCUT2D eigenvalue weighted by Gasteiger charge is -2.11. The van der Waals surface area contributed by atoms with Crippen LogP contribution in [0.5, 0.6) is 5.75 Å². The van der Waals surface area contributed by atoms with Crippen molar-refractivity contribution < 1.29 is 19.4 Å². The minimum atomic E-state index is -0.930. The quantitative estimate of drug-likeness (QED) is 0.179. The van der Waals surface area contributed by atoms with Crippen molar-refractivity contribution in [2.24, 2.45) is 5.92 Å². The molecule has 0 spiro atoms. The highest BCUT2D eigenvalue weighted by Gasteiger charge is 2.07. The molecule has 3 aromatic rings. The fourth-order valence-corrected chi connectivity index (χ4v) is 3.62. The second-order valence-electron chi connectivity index (χ2n) is 8.56. The zero-order chi connectivity index (χ0) is 25.5. The Bertz CT molecular complexity index is 1030. The summed E-state index contributed by atoms with van der Waals surface area (Å²) in [6, 6.07) is 24.4. The normalized spacial score (nSPS) is 11.4. The van der Waals surface area contributed by atoms with Crippen LogP contribution >= 0.6 is 0 Å². The number of unbranched alkanes of at least 4 members (excludes halogenated alkanes) is 1. The molecule has 0 bridgehead atoms. The number of methoxy groups -OCH3 is 1. The van der Waals surface area contributed by atoms with Crippen LogP contribution in [-0.2, 0) is 11.2 Å². The minimum absolute atomic E-state index is 0.0752. The molecule has 0 fully saturated rings. The monoisotopic (exact) mass is 472 g/mol. The Hall–Kier alpha value is -3.66. The molecular weight excluding hydrogens is 436 g/mol. The molecule has 0 aromatic heterocycles. The molecule has 3 aromatic carbocycles. The molecule has 0 aliphatic carbocycles. The molecule has 184 valence electrons. The Morgan fingerprint density at radius 1 is 0.914 bits per heavy atom. The highest BCUT2D eigenvalue weighted by atomic mass is 16.5. The van der Waals surface area contributed by atoms with Crippen molar-refractivity contribution in [3.8, 4) is 5.75 Å². The lowest BCUT2D eigenvalue weighted by atomic mass is 9.98. The van der Waals surface area contributed by atoms with Gasteiger partial charge in [0.2, 0.25) is 0 Å². The number of carboxylic acids is 1. The van der Waals surface area contributed by atoms with Gasteiger partial charge in [0.05, 0.1) is 7.11 Å². The van der Waals surface area contributed by atoms with E-state index in [2.05, 4.69) is 13.8 Å². The van der Waals surface area contributed by atoms with Crippen molar-refractivity contribution in [2.45, 2.75) is 46.0 Å². The fraction of sp³-hybridized carbons (Fsp3) is 0.290. The number of ether oxygens (including phenoxy) is 1. The zero-order valence-corrected chi connectivity index (χ0v) is 20.9. The van der Waals surface area contributed by atoms with Crippen LogP contribution in [0.15, 0.2) is 84.9 Å². The van der Waals surface area contributed by atoms with Gasteiger partial charge in [-0.1, -0.05) is 99.8 Å². The van der Waals surface area contributed by atoms with Crippen LogP contribution in [-0.4, -0.2) is 24.0 Å². The van der Waals surface area contributed by atoms with E-state index in [-0.39, 0.29) is 5.78 Å². The number of rotatable bonds is 11. The van der Waals surface area contributed by atoms with Gasteiger partial charge in [-0.05, 0) is 48.1 Å². The van der Waals surface area contributed by atoms with Crippen LogP contribution in [0.25, 0.3) is 6.08 Å². The third-order valence-electron chi connectivity index (χ3n) is 5.88. The van der Waals surface area contributed by atoms with Gasteiger partial charge in [0.25, 0.3) is 0 Å². The van der Waals surface area contributed by atoms with Gasteiger partial charge >= 0.3 is 5.97 Å². The molecule has 0 saturated carbocycles. The number of ketones is 1. The SMILES string of the molecule is CCC(C)CCCCc1cc(C=CC(=O)O)ccc1OC.O=C(c1ccccc1)c1ccccc1. The van der Waals surface area contributed by atoms with E-state index in [1.807, 2.05) is 78.9 Å². The van der Waals surface area contributed by atoms with E-state index in [4.69, 9.17) is 9.84 Å². The van der Waals surface area contributed by atoms with E-state index in [0.717, 1.165) is 52.8 Å². The molecule has 0 heterocycles. The van der Waals surface area contributed by atoms with E-state index in [1.54, 1.807) is 13.2 Å². The Kier molecular flexibility index (Phi) is 12.0. The lowest BCUT2D eigenvalue weighted by molar-refractivity contribution is -0.131. The molecule has 0 saturated heterocycles.